The smallest absolute Gasteiger partial charge is 0.283 e. The van der Waals surface area contributed by atoms with Crippen LogP contribution in [0.4, 0.5) is 0 Å². The molecule has 0 N–H and O–H groups in total. The van der Waals surface area contributed by atoms with E-state index in [9.17, 15) is 0 Å². The van der Waals surface area contributed by atoms with Gasteiger partial charge in [-0.05, 0) is 62.5 Å². The minimum absolute atomic E-state index is 0.00365. The van der Waals surface area contributed by atoms with Crippen molar-refractivity contribution in [3.8, 4) is 11.7 Å². The van der Waals surface area contributed by atoms with Gasteiger partial charge < -0.3 is 8.83 Å². The summed E-state index contributed by atoms with van der Waals surface area (Å²) in [5, 5.41) is 8.54. The summed E-state index contributed by atoms with van der Waals surface area (Å²) in [5.41, 5.74) is 0.00365. The van der Waals surface area contributed by atoms with E-state index < -0.39 is 0 Å². The van der Waals surface area contributed by atoms with Gasteiger partial charge in [-0.15, -0.1) is 21.8 Å². The largest absolute Gasteiger partial charge is 0.459 e. The van der Waals surface area contributed by atoms with E-state index in [1.54, 1.807) is 6.26 Å². The van der Waals surface area contributed by atoms with Gasteiger partial charge in [0.15, 0.2) is 5.76 Å². The minimum atomic E-state index is -0.0383. The third-order valence-electron chi connectivity index (χ3n) is 5.60. The van der Waals surface area contributed by atoms with Crippen LogP contribution in [-0.4, -0.2) is 15.1 Å². The van der Waals surface area contributed by atoms with Gasteiger partial charge in [-0.1, -0.05) is 0 Å². The van der Waals surface area contributed by atoms with Crippen LogP contribution in [0.3, 0.4) is 0 Å². The molecule has 0 amide bonds. The zero-order valence-corrected chi connectivity index (χ0v) is 12.5. The topological polar surface area (TPSA) is 52.1 Å². The van der Waals surface area contributed by atoms with Crippen molar-refractivity contribution in [2.75, 3.05) is 0 Å². The maximum Gasteiger partial charge on any atom is 0.283 e. The van der Waals surface area contributed by atoms with Crippen LogP contribution in [-0.2, 0) is 5.41 Å². The summed E-state index contributed by atoms with van der Waals surface area (Å²) in [7, 11) is 0. The standard InChI is InChI=1S/C16H17ClN2O2/c17-16-7-10-4-11(8-16)6-15(5-10,9-16)14-19-18-13(21-14)12-2-1-3-20-12/h1-3,10-11H,4-9H2. The van der Waals surface area contributed by atoms with Crippen molar-refractivity contribution in [1.29, 1.82) is 0 Å². The number of nitrogens with zero attached hydrogens (tertiary/aromatic N) is 2. The zero-order valence-electron chi connectivity index (χ0n) is 11.7. The Balaban J connectivity index is 1.55. The molecule has 0 aromatic carbocycles. The lowest BCUT2D eigenvalue weighted by molar-refractivity contribution is -0.00427. The lowest BCUT2D eigenvalue weighted by Gasteiger charge is -2.58. The molecule has 21 heavy (non-hydrogen) atoms. The van der Waals surface area contributed by atoms with Gasteiger partial charge >= 0.3 is 0 Å². The molecule has 4 bridgehead atoms. The first-order valence-corrected chi connectivity index (χ1v) is 8.09. The van der Waals surface area contributed by atoms with Crippen molar-refractivity contribution < 1.29 is 8.83 Å². The summed E-state index contributed by atoms with van der Waals surface area (Å²) in [6, 6.07) is 3.68. The summed E-state index contributed by atoms with van der Waals surface area (Å²) in [6.45, 7) is 0. The second-order valence-electron chi connectivity index (χ2n) is 7.28. The third-order valence-corrected chi connectivity index (χ3v) is 6.04. The number of aromatic nitrogens is 2. The summed E-state index contributed by atoms with van der Waals surface area (Å²) in [5.74, 6) is 3.34. The molecule has 2 unspecified atom stereocenters. The summed E-state index contributed by atoms with van der Waals surface area (Å²) in [6.07, 6.45) is 8.55. The number of hydrogen-bond acceptors (Lipinski definition) is 4. The van der Waals surface area contributed by atoms with Crippen LogP contribution in [0, 0.1) is 11.8 Å². The fourth-order valence-corrected chi connectivity index (χ4v) is 6.03. The Labute approximate surface area is 127 Å². The Morgan fingerprint density at radius 1 is 1.14 bits per heavy atom. The highest BCUT2D eigenvalue weighted by Crippen LogP contribution is 2.64. The average Bonchev–Trinajstić information content (AvgIpc) is 3.07. The van der Waals surface area contributed by atoms with E-state index in [1.807, 2.05) is 12.1 Å². The minimum Gasteiger partial charge on any atom is -0.459 e. The normalized spacial score (nSPS) is 40.8. The molecule has 2 aromatic rings. The van der Waals surface area contributed by atoms with Crippen LogP contribution >= 0.6 is 11.6 Å². The Hall–Kier alpha value is -1.29. The van der Waals surface area contributed by atoms with Gasteiger partial charge in [0.25, 0.3) is 5.89 Å². The number of rotatable bonds is 2. The molecular formula is C16H17ClN2O2. The van der Waals surface area contributed by atoms with Crippen LogP contribution in [0.5, 0.6) is 0 Å². The van der Waals surface area contributed by atoms with Crippen molar-refractivity contribution in [2.24, 2.45) is 11.8 Å². The van der Waals surface area contributed by atoms with Crippen molar-refractivity contribution in [2.45, 2.75) is 48.8 Å². The van der Waals surface area contributed by atoms with Crippen molar-refractivity contribution in [3.05, 3.63) is 24.3 Å². The average molecular weight is 305 g/mol. The predicted molar refractivity (Wildman–Crippen MR) is 76.9 cm³/mol. The molecule has 110 valence electrons. The number of furan rings is 1. The van der Waals surface area contributed by atoms with E-state index in [0.29, 0.717) is 11.7 Å². The molecule has 4 aliphatic rings. The molecule has 0 radical (unpaired) electrons. The van der Waals surface area contributed by atoms with E-state index in [4.69, 9.17) is 20.4 Å². The maximum absolute atomic E-state index is 6.87. The second kappa shape index (κ2) is 3.92. The fourth-order valence-electron chi connectivity index (χ4n) is 5.34. The number of hydrogen-bond donors (Lipinski definition) is 0. The van der Waals surface area contributed by atoms with Crippen LogP contribution in [0.2, 0.25) is 0 Å². The Morgan fingerprint density at radius 3 is 2.62 bits per heavy atom. The first kappa shape index (κ1) is 12.3. The van der Waals surface area contributed by atoms with Gasteiger partial charge in [-0.25, -0.2) is 0 Å². The molecule has 6 rings (SSSR count). The van der Waals surface area contributed by atoms with Crippen LogP contribution in [0.1, 0.15) is 44.4 Å². The first-order valence-electron chi connectivity index (χ1n) is 7.71. The molecule has 0 spiro atoms. The Bertz CT molecular complexity index is 664. The molecule has 0 saturated heterocycles. The first-order chi connectivity index (χ1) is 10.1. The molecule has 4 nitrogen and oxygen atoms in total. The van der Waals surface area contributed by atoms with E-state index in [2.05, 4.69) is 10.2 Å². The summed E-state index contributed by atoms with van der Waals surface area (Å²) < 4.78 is 11.3. The maximum atomic E-state index is 6.87. The molecule has 2 atom stereocenters. The zero-order chi connectivity index (χ0) is 14.1. The molecule has 4 saturated carbocycles. The van der Waals surface area contributed by atoms with Crippen LogP contribution in [0.25, 0.3) is 11.7 Å². The fraction of sp³-hybridized carbons (Fsp3) is 0.625. The summed E-state index contributed by atoms with van der Waals surface area (Å²) in [4.78, 5) is -0.0383. The molecular weight excluding hydrogens is 288 g/mol. The number of alkyl halides is 1. The van der Waals surface area contributed by atoms with E-state index in [1.165, 1.54) is 6.42 Å². The lowest BCUT2D eigenvalue weighted by Crippen LogP contribution is -2.55. The molecule has 4 aliphatic carbocycles. The third kappa shape index (κ3) is 1.75. The monoisotopic (exact) mass is 304 g/mol. The molecule has 5 heteroatoms. The van der Waals surface area contributed by atoms with Crippen molar-refractivity contribution in [3.63, 3.8) is 0 Å². The van der Waals surface area contributed by atoms with Gasteiger partial charge in [0, 0.05) is 4.87 Å². The van der Waals surface area contributed by atoms with E-state index in [-0.39, 0.29) is 10.3 Å². The Kier molecular flexibility index (Phi) is 2.29. The van der Waals surface area contributed by atoms with Crippen LogP contribution < -0.4 is 0 Å². The molecule has 2 heterocycles. The SMILES string of the molecule is ClC12CC3CC(C1)CC(c1nnc(-c4ccco4)o1)(C3)C2. The molecule has 0 aliphatic heterocycles. The lowest BCUT2D eigenvalue weighted by atomic mass is 9.49. The molecule has 2 aromatic heterocycles. The van der Waals surface area contributed by atoms with Crippen molar-refractivity contribution in [1.82, 2.24) is 10.2 Å². The van der Waals surface area contributed by atoms with E-state index in [0.717, 1.165) is 49.8 Å². The Morgan fingerprint density at radius 2 is 1.95 bits per heavy atom. The van der Waals surface area contributed by atoms with E-state index >= 15 is 0 Å². The predicted octanol–water partition coefficient (Wildman–Crippen LogP) is 4.16. The molecule has 4 fully saturated rings. The summed E-state index contributed by atoms with van der Waals surface area (Å²) >= 11 is 6.87. The van der Waals surface area contributed by atoms with Gasteiger partial charge in [0.1, 0.15) is 0 Å². The van der Waals surface area contributed by atoms with Gasteiger partial charge in [0.05, 0.1) is 11.7 Å². The highest BCUT2D eigenvalue weighted by molar-refractivity contribution is 6.24. The quantitative estimate of drug-likeness (QED) is 0.782. The highest BCUT2D eigenvalue weighted by atomic mass is 35.5. The van der Waals surface area contributed by atoms with Gasteiger partial charge in [-0.3, -0.25) is 0 Å². The van der Waals surface area contributed by atoms with Gasteiger partial charge in [0.2, 0.25) is 5.89 Å². The number of halogens is 1. The van der Waals surface area contributed by atoms with Crippen molar-refractivity contribution >= 4 is 11.6 Å². The highest BCUT2D eigenvalue weighted by Gasteiger charge is 2.59. The van der Waals surface area contributed by atoms with Crippen LogP contribution in [0.15, 0.2) is 27.2 Å². The van der Waals surface area contributed by atoms with Gasteiger partial charge in [-0.2, -0.15) is 0 Å². The second-order valence-corrected chi connectivity index (χ2v) is 8.08.